The van der Waals surface area contributed by atoms with E-state index in [1.165, 1.54) is 4.90 Å². The fourth-order valence-electron chi connectivity index (χ4n) is 1.83. The van der Waals surface area contributed by atoms with Gasteiger partial charge in [-0.05, 0) is 32.6 Å². The van der Waals surface area contributed by atoms with Crippen LogP contribution in [-0.4, -0.2) is 54.3 Å². The number of amides is 2. The Morgan fingerprint density at radius 2 is 1.88 bits per heavy atom. The zero-order valence-corrected chi connectivity index (χ0v) is 11.2. The number of rotatable bonds is 5. The van der Waals surface area contributed by atoms with Crippen molar-refractivity contribution >= 4 is 11.8 Å². The lowest BCUT2D eigenvalue weighted by atomic mass is 9.95. The normalized spacial score (nSPS) is 18.4. The second-order valence-corrected chi connectivity index (χ2v) is 5.16. The highest BCUT2D eigenvalue weighted by molar-refractivity contribution is 5.90. The van der Waals surface area contributed by atoms with E-state index in [-0.39, 0.29) is 24.3 Å². The summed E-state index contributed by atoms with van der Waals surface area (Å²) in [4.78, 5) is 26.9. The molecule has 0 aliphatic heterocycles. The molecule has 0 bridgehead atoms. The minimum Gasteiger partial charge on any atom is -0.347 e. The standard InChI is InChI=1S/C12H23N3O2/c1-5-15(8-10(16)14(3)4)11(17)12(2,13)9-6-7-9/h9H,5-8,13H2,1-4H3. The molecule has 98 valence electrons. The molecule has 2 amide bonds. The van der Waals surface area contributed by atoms with E-state index in [1.807, 2.05) is 6.92 Å². The van der Waals surface area contributed by atoms with Crippen molar-refractivity contribution in [2.24, 2.45) is 11.7 Å². The number of likely N-dealkylation sites (N-methyl/N-ethyl adjacent to an activating group) is 2. The number of hydrogen-bond donors (Lipinski definition) is 1. The molecule has 1 rings (SSSR count). The fraction of sp³-hybridized carbons (Fsp3) is 0.833. The zero-order chi connectivity index (χ0) is 13.2. The molecule has 0 aromatic rings. The molecule has 1 aliphatic rings. The van der Waals surface area contributed by atoms with Crippen molar-refractivity contribution in [3.8, 4) is 0 Å². The fourth-order valence-corrected chi connectivity index (χ4v) is 1.83. The van der Waals surface area contributed by atoms with Crippen molar-refractivity contribution in [2.45, 2.75) is 32.2 Å². The second-order valence-electron chi connectivity index (χ2n) is 5.16. The summed E-state index contributed by atoms with van der Waals surface area (Å²) in [6.07, 6.45) is 2.02. The van der Waals surface area contributed by atoms with Crippen LogP contribution in [0.3, 0.4) is 0 Å². The molecule has 5 heteroatoms. The summed E-state index contributed by atoms with van der Waals surface area (Å²) in [5.74, 6) is 0.0861. The lowest BCUT2D eigenvalue weighted by molar-refractivity contribution is -0.142. The number of carbonyl (C=O) groups excluding carboxylic acids is 2. The van der Waals surface area contributed by atoms with Crippen molar-refractivity contribution in [3.63, 3.8) is 0 Å². The van der Waals surface area contributed by atoms with E-state index in [1.54, 1.807) is 25.9 Å². The highest BCUT2D eigenvalue weighted by atomic mass is 16.2. The minimum absolute atomic E-state index is 0.0770. The number of hydrogen-bond acceptors (Lipinski definition) is 3. The van der Waals surface area contributed by atoms with Crippen LogP contribution >= 0.6 is 0 Å². The Morgan fingerprint density at radius 1 is 1.35 bits per heavy atom. The van der Waals surface area contributed by atoms with Crippen LogP contribution in [0, 0.1) is 5.92 Å². The molecule has 0 aromatic heterocycles. The summed E-state index contributed by atoms with van der Waals surface area (Å²) >= 11 is 0. The van der Waals surface area contributed by atoms with Gasteiger partial charge in [-0.15, -0.1) is 0 Å². The summed E-state index contributed by atoms with van der Waals surface area (Å²) in [5, 5.41) is 0. The molecule has 0 spiro atoms. The summed E-state index contributed by atoms with van der Waals surface area (Å²) in [7, 11) is 3.37. The van der Waals surface area contributed by atoms with E-state index in [0.717, 1.165) is 12.8 Å². The van der Waals surface area contributed by atoms with Gasteiger partial charge < -0.3 is 15.5 Å². The Morgan fingerprint density at radius 3 is 2.24 bits per heavy atom. The van der Waals surface area contributed by atoms with Crippen LogP contribution in [0.5, 0.6) is 0 Å². The van der Waals surface area contributed by atoms with Gasteiger partial charge in [-0.25, -0.2) is 0 Å². The molecule has 1 unspecified atom stereocenters. The maximum absolute atomic E-state index is 12.3. The first-order valence-corrected chi connectivity index (χ1v) is 6.09. The molecule has 0 radical (unpaired) electrons. The quantitative estimate of drug-likeness (QED) is 0.739. The third-order valence-corrected chi connectivity index (χ3v) is 3.38. The molecule has 0 heterocycles. The van der Waals surface area contributed by atoms with E-state index >= 15 is 0 Å². The number of nitrogens with zero attached hydrogens (tertiary/aromatic N) is 2. The first-order chi connectivity index (χ1) is 7.80. The molecular formula is C12H23N3O2. The third-order valence-electron chi connectivity index (χ3n) is 3.38. The highest BCUT2D eigenvalue weighted by Crippen LogP contribution is 2.38. The highest BCUT2D eigenvalue weighted by Gasteiger charge is 2.45. The van der Waals surface area contributed by atoms with E-state index in [4.69, 9.17) is 5.73 Å². The molecule has 1 atom stereocenters. The van der Waals surface area contributed by atoms with Crippen LogP contribution in [0.1, 0.15) is 26.7 Å². The Hall–Kier alpha value is -1.10. The van der Waals surface area contributed by atoms with Gasteiger partial charge in [0.2, 0.25) is 11.8 Å². The van der Waals surface area contributed by atoms with Crippen LogP contribution in [0.15, 0.2) is 0 Å². The van der Waals surface area contributed by atoms with Crippen LogP contribution < -0.4 is 5.73 Å². The first kappa shape index (κ1) is 14.0. The predicted octanol–water partition coefficient (Wildman–Crippen LogP) is 0.0505. The van der Waals surface area contributed by atoms with Gasteiger partial charge >= 0.3 is 0 Å². The summed E-state index contributed by atoms with van der Waals surface area (Å²) in [6, 6.07) is 0. The molecular weight excluding hydrogens is 218 g/mol. The number of nitrogens with two attached hydrogens (primary N) is 1. The van der Waals surface area contributed by atoms with Gasteiger partial charge in [0.1, 0.15) is 0 Å². The van der Waals surface area contributed by atoms with Gasteiger partial charge in [0.05, 0.1) is 12.1 Å². The summed E-state index contributed by atoms with van der Waals surface area (Å²) in [6.45, 7) is 4.26. The smallest absolute Gasteiger partial charge is 0.243 e. The van der Waals surface area contributed by atoms with Crippen LogP contribution in [0.2, 0.25) is 0 Å². The lowest BCUT2D eigenvalue weighted by Gasteiger charge is -2.31. The largest absolute Gasteiger partial charge is 0.347 e. The van der Waals surface area contributed by atoms with E-state index in [2.05, 4.69) is 0 Å². The van der Waals surface area contributed by atoms with E-state index in [9.17, 15) is 9.59 Å². The maximum Gasteiger partial charge on any atom is 0.243 e. The van der Waals surface area contributed by atoms with Gasteiger partial charge in [-0.3, -0.25) is 9.59 Å². The summed E-state index contributed by atoms with van der Waals surface area (Å²) < 4.78 is 0. The Bertz CT molecular complexity index is 309. The lowest BCUT2D eigenvalue weighted by Crippen LogP contribution is -2.56. The van der Waals surface area contributed by atoms with Gasteiger partial charge in [0.15, 0.2) is 0 Å². The Kier molecular flexibility index (Phi) is 4.14. The Balaban J connectivity index is 2.66. The first-order valence-electron chi connectivity index (χ1n) is 6.09. The third kappa shape index (κ3) is 3.19. The molecule has 5 nitrogen and oxygen atoms in total. The van der Waals surface area contributed by atoms with Crippen molar-refractivity contribution in [1.29, 1.82) is 0 Å². The molecule has 1 saturated carbocycles. The summed E-state index contributed by atoms with van der Waals surface area (Å²) in [5.41, 5.74) is 5.26. The van der Waals surface area contributed by atoms with Crippen molar-refractivity contribution < 1.29 is 9.59 Å². The van der Waals surface area contributed by atoms with Crippen molar-refractivity contribution in [2.75, 3.05) is 27.2 Å². The van der Waals surface area contributed by atoms with Crippen LogP contribution in [-0.2, 0) is 9.59 Å². The van der Waals surface area contributed by atoms with Gasteiger partial charge in [-0.2, -0.15) is 0 Å². The second kappa shape index (κ2) is 5.04. The van der Waals surface area contributed by atoms with Gasteiger partial charge in [0, 0.05) is 20.6 Å². The van der Waals surface area contributed by atoms with Crippen molar-refractivity contribution in [3.05, 3.63) is 0 Å². The SMILES string of the molecule is CCN(CC(=O)N(C)C)C(=O)C(C)(N)C1CC1. The predicted molar refractivity (Wildman–Crippen MR) is 66.3 cm³/mol. The Labute approximate surface area is 103 Å². The number of carbonyl (C=O) groups is 2. The van der Waals surface area contributed by atoms with E-state index in [0.29, 0.717) is 6.54 Å². The average Bonchev–Trinajstić information content (AvgIpc) is 3.07. The molecule has 2 N–H and O–H groups in total. The van der Waals surface area contributed by atoms with Gasteiger partial charge in [0.25, 0.3) is 0 Å². The molecule has 0 saturated heterocycles. The molecule has 17 heavy (non-hydrogen) atoms. The van der Waals surface area contributed by atoms with E-state index < -0.39 is 5.54 Å². The minimum atomic E-state index is -0.817. The van der Waals surface area contributed by atoms with Crippen LogP contribution in [0.4, 0.5) is 0 Å². The molecule has 1 fully saturated rings. The molecule has 1 aliphatic carbocycles. The topological polar surface area (TPSA) is 66.6 Å². The van der Waals surface area contributed by atoms with Gasteiger partial charge in [-0.1, -0.05) is 0 Å². The monoisotopic (exact) mass is 241 g/mol. The van der Waals surface area contributed by atoms with Crippen molar-refractivity contribution in [1.82, 2.24) is 9.80 Å². The maximum atomic E-state index is 12.3. The zero-order valence-electron chi connectivity index (χ0n) is 11.2. The van der Waals surface area contributed by atoms with Crippen LogP contribution in [0.25, 0.3) is 0 Å². The average molecular weight is 241 g/mol. The molecule has 0 aromatic carbocycles.